The summed E-state index contributed by atoms with van der Waals surface area (Å²) in [5.41, 5.74) is 5.27. The highest BCUT2D eigenvalue weighted by Crippen LogP contribution is 2.26. The quantitative estimate of drug-likeness (QED) is 0.663. The van der Waals surface area contributed by atoms with Crippen LogP contribution in [0.25, 0.3) is 11.0 Å². The van der Waals surface area contributed by atoms with Crippen molar-refractivity contribution in [3.63, 3.8) is 0 Å². The third kappa shape index (κ3) is 5.26. The van der Waals surface area contributed by atoms with Gasteiger partial charge in [-0.3, -0.25) is 14.4 Å². The molecule has 0 aromatic carbocycles. The minimum Gasteiger partial charge on any atom is -0.379 e. The summed E-state index contributed by atoms with van der Waals surface area (Å²) >= 11 is 0. The molecular weight excluding hydrogens is 390 g/mol. The Morgan fingerprint density at radius 3 is 2.45 bits per heavy atom. The molecule has 7 heteroatoms. The topological polar surface area (TPSA) is 72.3 Å². The van der Waals surface area contributed by atoms with Crippen LogP contribution < -0.4 is 5.32 Å². The molecule has 1 atom stereocenters. The number of carbonyl (C=O) groups is 1. The highest BCUT2D eigenvalue weighted by molar-refractivity contribution is 5.84. The van der Waals surface area contributed by atoms with Crippen molar-refractivity contribution in [3.05, 3.63) is 22.5 Å². The van der Waals surface area contributed by atoms with Gasteiger partial charge in [0.1, 0.15) is 0 Å². The molecule has 0 aliphatic carbocycles. The number of rotatable bonds is 9. The summed E-state index contributed by atoms with van der Waals surface area (Å²) in [6, 6.07) is 0.377. The average Bonchev–Trinajstić information content (AvgIpc) is 3.04. The van der Waals surface area contributed by atoms with Gasteiger partial charge in [0.05, 0.1) is 18.9 Å². The first-order valence-electron chi connectivity index (χ1n) is 11.7. The lowest BCUT2D eigenvalue weighted by atomic mass is 9.92. The van der Waals surface area contributed by atoms with E-state index in [2.05, 4.69) is 36.1 Å². The standard InChI is InChI=1S/C24H39N5O2/c1-7-19(8-2)21(29-11-13-31-14-12-29)15-25-22(30)10-9-20-16(3)23-18(5)27-28(6)24(23)26-17(20)4/h19,21H,7-15H2,1-6H3,(H,25,30). The van der Waals surface area contributed by atoms with Gasteiger partial charge in [-0.15, -0.1) is 0 Å². The van der Waals surface area contributed by atoms with E-state index in [0.29, 0.717) is 31.3 Å². The summed E-state index contributed by atoms with van der Waals surface area (Å²) in [6.45, 7) is 14.9. The number of aryl methyl sites for hydroxylation is 4. The van der Waals surface area contributed by atoms with Crippen LogP contribution >= 0.6 is 0 Å². The van der Waals surface area contributed by atoms with Gasteiger partial charge in [0.15, 0.2) is 5.65 Å². The fourth-order valence-electron chi connectivity index (χ4n) is 5.11. The molecule has 1 fully saturated rings. The van der Waals surface area contributed by atoms with E-state index >= 15 is 0 Å². The fourth-order valence-corrected chi connectivity index (χ4v) is 5.11. The fraction of sp³-hybridized carbons (Fsp3) is 0.708. The minimum absolute atomic E-state index is 0.117. The van der Waals surface area contributed by atoms with Crippen molar-refractivity contribution in [1.29, 1.82) is 0 Å². The van der Waals surface area contributed by atoms with Gasteiger partial charge >= 0.3 is 0 Å². The zero-order valence-electron chi connectivity index (χ0n) is 20.1. The Morgan fingerprint density at radius 1 is 1.13 bits per heavy atom. The van der Waals surface area contributed by atoms with Crippen LogP contribution in [0.1, 0.15) is 55.6 Å². The van der Waals surface area contributed by atoms with Gasteiger partial charge < -0.3 is 10.1 Å². The smallest absolute Gasteiger partial charge is 0.220 e. The maximum Gasteiger partial charge on any atom is 0.220 e. The first-order chi connectivity index (χ1) is 14.9. The first-order valence-corrected chi connectivity index (χ1v) is 11.7. The SMILES string of the molecule is CCC(CC)C(CNC(=O)CCc1c(C)nc2c(c(C)nn2C)c1C)N1CCOCC1. The van der Waals surface area contributed by atoms with Crippen molar-refractivity contribution in [1.82, 2.24) is 25.0 Å². The van der Waals surface area contributed by atoms with Gasteiger partial charge in [-0.2, -0.15) is 5.10 Å². The van der Waals surface area contributed by atoms with Crippen LogP contribution in [0.5, 0.6) is 0 Å². The highest BCUT2D eigenvalue weighted by Gasteiger charge is 2.27. The van der Waals surface area contributed by atoms with E-state index < -0.39 is 0 Å². The second-order valence-corrected chi connectivity index (χ2v) is 8.80. The molecule has 2 aromatic heterocycles. The molecule has 1 N–H and O–H groups in total. The van der Waals surface area contributed by atoms with Gasteiger partial charge in [-0.05, 0) is 44.2 Å². The highest BCUT2D eigenvalue weighted by atomic mass is 16.5. The van der Waals surface area contributed by atoms with Crippen LogP contribution in [-0.4, -0.2) is 64.5 Å². The van der Waals surface area contributed by atoms with E-state index in [1.807, 2.05) is 25.6 Å². The third-order valence-electron chi connectivity index (χ3n) is 6.95. The summed E-state index contributed by atoms with van der Waals surface area (Å²) in [7, 11) is 1.93. The molecule has 31 heavy (non-hydrogen) atoms. The number of ether oxygens (including phenoxy) is 1. The van der Waals surface area contributed by atoms with E-state index in [1.165, 1.54) is 11.1 Å². The number of aromatic nitrogens is 3. The maximum absolute atomic E-state index is 12.8. The molecule has 172 valence electrons. The van der Waals surface area contributed by atoms with E-state index in [4.69, 9.17) is 9.72 Å². The second-order valence-electron chi connectivity index (χ2n) is 8.80. The molecule has 1 amide bonds. The van der Waals surface area contributed by atoms with Crippen LogP contribution in [0.15, 0.2) is 0 Å². The molecule has 3 rings (SSSR count). The Labute approximate surface area is 186 Å². The second kappa shape index (κ2) is 10.6. The molecule has 2 aromatic rings. The normalized spacial score (nSPS) is 16.2. The largest absolute Gasteiger partial charge is 0.379 e. The number of amides is 1. The van der Waals surface area contributed by atoms with E-state index in [9.17, 15) is 4.79 Å². The van der Waals surface area contributed by atoms with Crippen molar-refractivity contribution in [2.75, 3.05) is 32.8 Å². The molecular formula is C24H39N5O2. The Balaban J connectivity index is 1.64. The Hall–Kier alpha value is -1.99. The summed E-state index contributed by atoms with van der Waals surface area (Å²) in [5, 5.41) is 8.86. The van der Waals surface area contributed by atoms with Crippen molar-refractivity contribution in [3.8, 4) is 0 Å². The van der Waals surface area contributed by atoms with Crippen LogP contribution in [-0.2, 0) is 23.0 Å². The van der Waals surface area contributed by atoms with E-state index in [1.54, 1.807) is 0 Å². The number of carbonyl (C=O) groups excluding carboxylic acids is 1. The summed E-state index contributed by atoms with van der Waals surface area (Å²) < 4.78 is 7.37. The minimum atomic E-state index is 0.117. The Bertz CT molecular complexity index is 897. The van der Waals surface area contributed by atoms with Crippen LogP contribution in [0.3, 0.4) is 0 Å². The molecule has 0 spiro atoms. The Morgan fingerprint density at radius 2 is 1.81 bits per heavy atom. The van der Waals surface area contributed by atoms with Crippen LogP contribution in [0.4, 0.5) is 0 Å². The molecule has 0 radical (unpaired) electrons. The van der Waals surface area contributed by atoms with Crippen molar-refractivity contribution in [2.45, 2.75) is 66.3 Å². The van der Waals surface area contributed by atoms with Crippen LogP contribution in [0, 0.1) is 26.7 Å². The first kappa shape index (κ1) is 23.7. The molecule has 1 saturated heterocycles. The number of morpholine rings is 1. The maximum atomic E-state index is 12.8. The molecule has 3 heterocycles. The lowest BCUT2D eigenvalue weighted by Crippen LogP contribution is -2.52. The van der Waals surface area contributed by atoms with Crippen molar-refractivity contribution >= 4 is 16.9 Å². The zero-order chi connectivity index (χ0) is 22.5. The molecule has 1 unspecified atom stereocenters. The van der Waals surface area contributed by atoms with Crippen molar-refractivity contribution in [2.24, 2.45) is 13.0 Å². The molecule has 0 bridgehead atoms. The summed E-state index contributed by atoms with van der Waals surface area (Å²) in [5.74, 6) is 0.703. The van der Waals surface area contributed by atoms with Gasteiger partial charge in [-0.25, -0.2) is 4.98 Å². The number of fused-ring (bicyclic) bond motifs is 1. The van der Waals surface area contributed by atoms with E-state index in [0.717, 1.165) is 61.6 Å². The van der Waals surface area contributed by atoms with Gasteiger partial charge in [0, 0.05) is 50.2 Å². The van der Waals surface area contributed by atoms with Crippen LogP contribution in [0.2, 0.25) is 0 Å². The molecule has 0 saturated carbocycles. The predicted octanol–water partition coefficient (Wildman–Crippen LogP) is 3.08. The number of pyridine rings is 1. The number of nitrogens with zero attached hydrogens (tertiary/aromatic N) is 4. The third-order valence-corrected chi connectivity index (χ3v) is 6.95. The Kier molecular flexibility index (Phi) is 8.06. The molecule has 1 aliphatic rings. The van der Waals surface area contributed by atoms with Gasteiger partial charge in [0.2, 0.25) is 5.91 Å². The number of hydrogen-bond donors (Lipinski definition) is 1. The molecule has 1 aliphatic heterocycles. The van der Waals surface area contributed by atoms with Gasteiger partial charge in [-0.1, -0.05) is 26.7 Å². The number of hydrogen-bond acceptors (Lipinski definition) is 5. The van der Waals surface area contributed by atoms with E-state index in [-0.39, 0.29) is 5.91 Å². The molecule has 7 nitrogen and oxygen atoms in total. The summed E-state index contributed by atoms with van der Waals surface area (Å²) in [6.07, 6.45) is 3.44. The number of nitrogens with one attached hydrogen (secondary N) is 1. The predicted molar refractivity (Wildman–Crippen MR) is 124 cm³/mol. The zero-order valence-corrected chi connectivity index (χ0v) is 20.1. The lowest BCUT2D eigenvalue weighted by Gasteiger charge is -2.38. The monoisotopic (exact) mass is 429 g/mol. The van der Waals surface area contributed by atoms with Gasteiger partial charge in [0.25, 0.3) is 0 Å². The lowest BCUT2D eigenvalue weighted by molar-refractivity contribution is -0.121. The van der Waals surface area contributed by atoms with Crippen molar-refractivity contribution < 1.29 is 9.53 Å². The summed E-state index contributed by atoms with van der Waals surface area (Å²) in [4.78, 5) is 20.0. The average molecular weight is 430 g/mol.